The first-order chi connectivity index (χ1) is 13.8. The monoisotopic (exact) mass is 410 g/mol. The lowest BCUT2D eigenvalue weighted by atomic mass is 10.1. The number of anilines is 1. The van der Waals surface area contributed by atoms with Crippen molar-refractivity contribution >= 4 is 17.7 Å². The van der Waals surface area contributed by atoms with Gasteiger partial charge in [0.25, 0.3) is 5.91 Å². The van der Waals surface area contributed by atoms with Crippen molar-refractivity contribution in [3.8, 4) is 23.3 Å². The normalized spacial score (nSPS) is 11.2. The topological polar surface area (TPSA) is 80.6 Å². The lowest BCUT2D eigenvalue weighted by Gasteiger charge is -2.11. The van der Waals surface area contributed by atoms with Gasteiger partial charge in [-0.3, -0.25) is 4.79 Å². The van der Waals surface area contributed by atoms with E-state index in [0.29, 0.717) is 11.4 Å². The molecule has 0 saturated carbocycles. The average molecular weight is 410 g/mol. The zero-order valence-corrected chi connectivity index (χ0v) is 14.9. The van der Waals surface area contributed by atoms with Crippen molar-refractivity contribution < 1.29 is 36.6 Å². The van der Waals surface area contributed by atoms with Gasteiger partial charge in [0, 0.05) is 17.3 Å². The Morgan fingerprint density at radius 1 is 1.03 bits per heavy atom. The van der Waals surface area contributed by atoms with Crippen molar-refractivity contribution in [3.63, 3.8) is 0 Å². The van der Waals surface area contributed by atoms with Gasteiger partial charge in [0.1, 0.15) is 28.9 Å². The van der Waals surface area contributed by atoms with E-state index in [2.05, 4.69) is 14.8 Å². The van der Waals surface area contributed by atoms with Crippen LogP contribution in [0.5, 0.6) is 17.2 Å². The molecule has 0 aromatic heterocycles. The van der Waals surface area contributed by atoms with Crippen LogP contribution in [-0.4, -0.2) is 26.2 Å². The molecule has 2 rings (SSSR count). The molecule has 0 radical (unpaired) electrons. The first kappa shape index (κ1) is 21.6. The minimum absolute atomic E-state index is 0.103. The van der Waals surface area contributed by atoms with Gasteiger partial charge in [-0.05, 0) is 42.5 Å². The standard InChI is InChI=1S/C19H14F4N2O4/c1-27-14-6-3-13(4-7-14)25-17(26)12(10-24)8-11-2-5-15(28-18(20)21)9-16(11)29-19(22)23/h2-9,18-19H,1H3,(H,25,26)/b12-8+. The zero-order chi connectivity index (χ0) is 21.4. The number of amides is 1. The predicted octanol–water partition coefficient (Wildman–Crippen LogP) is 4.44. The molecule has 1 amide bonds. The van der Waals surface area contributed by atoms with E-state index in [1.165, 1.54) is 19.2 Å². The number of methoxy groups -OCH3 is 1. The summed E-state index contributed by atoms with van der Waals surface area (Å²) >= 11 is 0. The van der Waals surface area contributed by atoms with Crippen molar-refractivity contribution in [1.82, 2.24) is 0 Å². The summed E-state index contributed by atoms with van der Waals surface area (Å²) in [6, 6.07) is 10.9. The summed E-state index contributed by atoms with van der Waals surface area (Å²) in [4.78, 5) is 12.3. The Labute approximate surface area is 162 Å². The van der Waals surface area contributed by atoms with E-state index in [4.69, 9.17) is 4.74 Å². The molecule has 10 heteroatoms. The van der Waals surface area contributed by atoms with Crippen LogP contribution in [0.15, 0.2) is 48.0 Å². The maximum Gasteiger partial charge on any atom is 0.387 e. The molecule has 2 aromatic carbocycles. The molecule has 0 heterocycles. The molecule has 0 aliphatic rings. The molecule has 152 valence electrons. The van der Waals surface area contributed by atoms with Crippen LogP contribution < -0.4 is 19.5 Å². The van der Waals surface area contributed by atoms with Crippen LogP contribution in [0.25, 0.3) is 6.08 Å². The number of carbonyl (C=O) groups is 1. The molecular formula is C19H14F4N2O4. The van der Waals surface area contributed by atoms with E-state index in [0.717, 1.165) is 24.3 Å². The largest absolute Gasteiger partial charge is 0.497 e. The highest BCUT2D eigenvalue weighted by Crippen LogP contribution is 2.29. The van der Waals surface area contributed by atoms with Crippen molar-refractivity contribution in [2.24, 2.45) is 0 Å². The number of hydrogen-bond acceptors (Lipinski definition) is 5. The second-order valence-corrected chi connectivity index (χ2v) is 5.31. The van der Waals surface area contributed by atoms with Gasteiger partial charge in [-0.15, -0.1) is 0 Å². The van der Waals surface area contributed by atoms with Gasteiger partial charge in [-0.2, -0.15) is 22.8 Å². The van der Waals surface area contributed by atoms with Crippen molar-refractivity contribution in [2.45, 2.75) is 13.2 Å². The first-order valence-corrected chi connectivity index (χ1v) is 7.93. The maximum atomic E-state index is 12.6. The Hall–Kier alpha value is -3.74. The molecule has 0 aliphatic heterocycles. The number of hydrogen-bond donors (Lipinski definition) is 1. The van der Waals surface area contributed by atoms with E-state index in [1.54, 1.807) is 18.2 Å². The van der Waals surface area contributed by atoms with Crippen LogP contribution in [0.2, 0.25) is 0 Å². The van der Waals surface area contributed by atoms with Crippen LogP contribution in [0.1, 0.15) is 5.56 Å². The number of nitriles is 1. The van der Waals surface area contributed by atoms with Gasteiger partial charge < -0.3 is 19.5 Å². The fourth-order valence-electron chi connectivity index (χ4n) is 2.19. The number of ether oxygens (including phenoxy) is 3. The SMILES string of the molecule is COc1ccc(NC(=O)/C(C#N)=C/c2ccc(OC(F)F)cc2OC(F)F)cc1. The summed E-state index contributed by atoms with van der Waals surface area (Å²) in [5, 5.41) is 11.7. The zero-order valence-electron chi connectivity index (χ0n) is 14.9. The van der Waals surface area contributed by atoms with Crippen LogP contribution in [0.3, 0.4) is 0 Å². The number of nitrogens with one attached hydrogen (secondary N) is 1. The summed E-state index contributed by atoms with van der Waals surface area (Å²) in [5.74, 6) is -1.22. The van der Waals surface area contributed by atoms with Crippen LogP contribution >= 0.6 is 0 Å². The summed E-state index contributed by atoms with van der Waals surface area (Å²) in [5.41, 5.74) is -0.169. The predicted molar refractivity (Wildman–Crippen MR) is 94.9 cm³/mol. The molecule has 0 spiro atoms. The lowest BCUT2D eigenvalue weighted by Crippen LogP contribution is -2.13. The van der Waals surface area contributed by atoms with E-state index in [9.17, 15) is 27.6 Å². The van der Waals surface area contributed by atoms with E-state index in [-0.39, 0.29) is 5.56 Å². The quantitative estimate of drug-likeness (QED) is 0.395. The third-order valence-electron chi connectivity index (χ3n) is 3.44. The van der Waals surface area contributed by atoms with E-state index < -0.39 is 36.2 Å². The number of halogens is 4. The van der Waals surface area contributed by atoms with Crippen molar-refractivity contribution in [2.75, 3.05) is 12.4 Å². The minimum atomic E-state index is -3.26. The Kier molecular flexibility index (Phi) is 7.42. The molecule has 0 fully saturated rings. The van der Waals surface area contributed by atoms with Gasteiger partial charge in [0.05, 0.1) is 7.11 Å². The fraction of sp³-hybridized carbons (Fsp3) is 0.158. The number of alkyl halides is 4. The molecule has 2 aromatic rings. The molecule has 29 heavy (non-hydrogen) atoms. The molecule has 0 unspecified atom stereocenters. The summed E-state index contributed by atoms with van der Waals surface area (Å²) < 4.78 is 63.3. The third kappa shape index (κ3) is 6.42. The van der Waals surface area contributed by atoms with Gasteiger partial charge in [0.2, 0.25) is 0 Å². The van der Waals surface area contributed by atoms with Gasteiger partial charge in [-0.25, -0.2) is 0 Å². The Morgan fingerprint density at radius 2 is 1.66 bits per heavy atom. The summed E-state index contributed by atoms with van der Waals surface area (Å²) in [6.07, 6.45) is 0.989. The van der Waals surface area contributed by atoms with Crippen LogP contribution in [0, 0.1) is 11.3 Å². The highest BCUT2D eigenvalue weighted by atomic mass is 19.3. The first-order valence-electron chi connectivity index (χ1n) is 7.93. The highest BCUT2D eigenvalue weighted by Gasteiger charge is 2.15. The molecular weight excluding hydrogens is 396 g/mol. The summed E-state index contributed by atoms with van der Waals surface area (Å²) in [6.45, 7) is -6.43. The van der Waals surface area contributed by atoms with Gasteiger partial charge in [-0.1, -0.05) is 0 Å². The highest BCUT2D eigenvalue weighted by molar-refractivity contribution is 6.09. The van der Waals surface area contributed by atoms with E-state index in [1.807, 2.05) is 0 Å². The van der Waals surface area contributed by atoms with Crippen LogP contribution in [0.4, 0.5) is 23.2 Å². The summed E-state index contributed by atoms with van der Waals surface area (Å²) in [7, 11) is 1.47. The third-order valence-corrected chi connectivity index (χ3v) is 3.44. The number of benzene rings is 2. The number of rotatable bonds is 8. The molecule has 0 bridgehead atoms. The second kappa shape index (κ2) is 9.98. The minimum Gasteiger partial charge on any atom is -0.497 e. The molecule has 6 nitrogen and oxygen atoms in total. The Morgan fingerprint density at radius 3 is 2.21 bits per heavy atom. The molecule has 1 N–H and O–H groups in total. The smallest absolute Gasteiger partial charge is 0.387 e. The maximum absolute atomic E-state index is 12.6. The van der Waals surface area contributed by atoms with Crippen molar-refractivity contribution in [1.29, 1.82) is 5.26 Å². The van der Waals surface area contributed by atoms with Gasteiger partial charge in [0.15, 0.2) is 0 Å². The van der Waals surface area contributed by atoms with Crippen LogP contribution in [-0.2, 0) is 4.79 Å². The second-order valence-electron chi connectivity index (χ2n) is 5.31. The average Bonchev–Trinajstić information content (AvgIpc) is 2.67. The molecule has 0 aliphatic carbocycles. The fourth-order valence-corrected chi connectivity index (χ4v) is 2.19. The Bertz CT molecular complexity index is 925. The Balaban J connectivity index is 2.29. The molecule has 0 atom stereocenters. The lowest BCUT2D eigenvalue weighted by molar-refractivity contribution is -0.112. The number of carbonyl (C=O) groups excluding carboxylic acids is 1. The van der Waals surface area contributed by atoms with Gasteiger partial charge >= 0.3 is 13.2 Å². The number of nitrogens with zero attached hydrogens (tertiary/aromatic N) is 1. The van der Waals surface area contributed by atoms with E-state index >= 15 is 0 Å². The van der Waals surface area contributed by atoms with Crippen molar-refractivity contribution in [3.05, 3.63) is 53.6 Å². The molecule has 0 saturated heterocycles.